The van der Waals surface area contributed by atoms with Crippen LogP contribution in [-0.4, -0.2) is 34.7 Å². The van der Waals surface area contributed by atoms with Crippen LogP contribution >= 0.6 is 0 Å². The number of aliphatic imine (C=N–C) groups is 1. The van der Waals surface area contributed by atoms with Crippen molar-refractivity contribution >= 4 is 18.4 Å². The van der Waals surface area contributed by atoms with Gasteiger partial charge in [-0.3, -0.25) is 14.8 Å². The summed E-state index contributed by atoms with van der Waals surface area (Å²) in [6.07, 6.45) is 4.33. The molecule has 7 heteroatoms. The molecule has 0 aliphatic heterocycles. The second-order valence-electron chi connectivity index (χ2n) is 5.25. The highest BCUT2D eigenvalue weighted by Gasteiger charge is 2.12. The van der Waals surface area contributed by atoms with Crippen molar-refractivity contribution in [3.05, 3.63) is 60.1 Å². The fourth-order valence-corrected chi connectivity index (χ4v) is 2.06. The molecular formula is C19H23N5O2. The molecule has 0 unspecified atom stereocenters. The molecular weight excluding hydrogens is 330 g/mol. The van der Waals surface area contributed by atoms with Crippen molar-refractivity contribution in [3.8, 4) is 17.0 Å². The number of benzene rings is 1. The number of phenolic OH excluding ortho intramolecular Hbond substituents is 1. The lowest BCUT2D eigenvalue weighted by atomic mass is 10.1. The average molecular weight is 353 g/mol. The first-order valence-corrected chi connectivity index (χ1v) is 7.75. The Morgan fingerprint density at radius 3 is 2.54 bits per heavy atom. The summed E-state index contributed by atoms with van der Waals surface area (Å²) in [6, 6.07) is 5.03. The first-order valence-electron chi connectivity index (χ1n) is 7.75. The third-order valence-electron chi connectivity index (χ3n) is 3.32. The summed E-state index contributed by atoms with van der Waals surface area (Å²) in [4.78, 5) is 24.2. The van der Waals surface area contributed by atoms with Crippen molar-refractivity contribution in [1.82, 2.24) is 9.97 Å². The van der Waals surface area contributed by atoms with E-state index in [1.54, 1.807) is 25.1 Å². The van der Waals surface area contributed by atoms with E-state index in [4.69, 9.17) is 0 Å². The minimum Gasteiger partial charge on any atom is -0.508 e. The molecule has 0 aliphatic rings. The number of hydrogen-bond donors (Lipinski definition) is 3. The Balaban J connectivity index is 0.00000163. The maximum Gasteiger partial charge on any atom is 0.258 e. The number of nitrogens with two attached hydrogens (primary N) is 1. The largest absolute Gasteiger partial charge is 0.508 e. The standard InChI is InChI=1S/C18H18N4O2.CH5N/c1-11(2)15(8-19-4)18(24)22-17-10-20-16(9-21-17)14-7-13(23)6-5-12(14)3;1-2/h5-10,23H,1,4H2,2-3H3,(H,21,22,24);2H2,1H3/b15-8+;. The highest BCUT2D eigenvalue weighted by molar-refractivity contribution is 6.06. The summed E-state index contributed by atoms with van der Waals surface area (Å²) in [6.45, 7) is 10.7. The number of nitrogens with one attached hydrogen (secondary N) is 1. The average Bonchev–Trinajstić information content (AvgIpc) is 2.63. The minimum atomic E-state index is -0.384. The number of aromatic nitrogens is 2. The van der Waals surface area contributed by atoms with E-state index in [9.17, 15) is 9.90 Å². The molecule has 7 nitrogen and oxygen atoms in total. The summed E-state index contributed by atoms with van der Waals surface area (Å²) < 4.78 is 0. The van der Waals surface area contributed by atoms with Crippen LogP contribution in [-0.2, 0) is 4.79 Å². The number of nitrogens with zero attached hydrogens (tertiary/aromatic N) is 3. The molecule has 0 radical (unpaired) electrons. The van der Waals surface area contributed by atoms with E-state index >= 15 is 0 Å². The van der Waals surface area contributed by atoms with Crippen LogP contribution < -0.4 is 11.1 Å². The number of amides is 1. The van der Waals surface area contributed by atoms with Gasteiger partial charge in [0.05, 0.1) is 23.7 Å². The van der Waals surface area contributed by atoms with Crippen molar-refractivity contribution in [3.63, 3.8) is 0 Å². The Kier molecular flexibility index (Phi) is 7.85. The number of hydrogen-bond acceptors (Lipinski definition) is 6. The van der Waals surface area contributed by atoms with Gasteiger partial charge < -0.3 is 16.2 Å². The van der Waals surface area contributed by atoms with E-state index in [2.05, 4.69) is 39.3 Å². The second kappa shape index (κ2) is 9.85. The van der Waals surface area contributed by atoms with E-state index in [1.165, 1.54) is 25.6 Å². The normalized spacial score (nSPS) is 10.4. The molecule has 1 aromatic heterocycles. The Morgan fingerprint density at radius 1 is 1.31 bits per heavy atom. The molecule has 0 aliphatic carbocycles. The van der Waals surface area contributed by atoms with Crippen LogP contribution in [0.4, 0.5) is 5.82 Å². The molecule has 0 bridgehead atoms. The minimum absolute atomic E-state index is 0.156. The van der Waals surface area contributed by atoms with Crippen molar-refractivity contribution in [2.75, 3.05) is 12.4 Å². The summed E-state index contributed by atoms with van der Waals surface area (Å²) in [7, 11) is 1.50. The maximum atomic E-state index is 12.2. The Bertz CT molecular complexity index is 826. The second-order valence-corrected chi connectivity index (χ2v) is 5.25. The fourth-order valence-electron chi connectivity index (χ4n) is 2.06. The van der Waals surface area contributed by atoms with Gasteiger partial charge >= 0.3 is 0 Å². The molecule has 2 rings (SSSR count). The predicted molar refractivity (Wildman–Crippen MR) is 105 cm³/mol. The predicted octanol–water partition coefficient (Wildman–Crippen LogP) is 2.83. The zero-order chi connectivity index (χ0) is 19.7. The Labute approximate surface area is 153 Å². The molecule has 1 aromatic carbocycles. The quantitative estimate of drug-likeness (QED) is 0.434. The number of carbonyl (C=O) groups excluding carboxylic acids is 1. The van der Waals surface area contributed by atoms with Crippen LogP contribution in [0.5, 0.6) is 5.75 Å². The topological polar surface area (TPSA) is 113 Å². The number of rotatable bonds is 5. The van der Waals surface area contributed by atoms with Crippen LogP contribution in [0.1, 0.15) is 12.5 Å². The van der Waals surface area contributed by atoms with Crippen molar-refractivity contribution < 1.29 is 9.90 Å². The highest BCUT2D eigenvalue weighted by atomic mass is 16.3. The zero-order valence-corrected chi connectivity index (χ0v) is 15.2. The van der Waals surface area contributed by atoms with Crippen molar-refractivity contribution in [2.45, 2.75) is 13.8 Å². The molecule has 1 amide bonds. The number of aryl methyl sites for hydroxylation is 1. The highest BCUT2D eigenvalue weighted by Crippen LogP contribution is 2.25. The van der Waals surface area contributed by atoms with Crippen LogP contribution in [0.15, 0.2) is 59.5 Å². The lowest BCUT2D eigenvalue weighted by Gasteiger charge is -2.09. The van der Waals surface area contributed by atoms with E-state index in [0.717, 1.165) is 11.1 Å². The summed E-state index contributed by atoms with van der Waals surface area (Å²) in [5.74, 6) is 0.0752. The van der Waals surface area contributed by atoms with Crippen LogP contribution in [0.2, 0.25) is 0 Å². The van der Waals surface area contributed by atoms with Crippen LogP contribution in [0.3, 0.4) is 0 Å². The first-order chi connectivity index (χ1) is 12.4. The zero-order valence-electron chi connectivity index (χ0n) is 15.2. The smallest absolute Gasteiger partial charge is 0.258 e. The lowest BCUT2D eigenvalue weighted by molar-refractivity contribution is -0.112. The Hall–Kier alpha value is -3.32. The number of anilines is 1. The lowest BCUT2D eigenvalue weighted by Crippen LogP contribution is -2.16. The molecule has 0 spiro atoms. The van der Waals surface area contributed by atoms with Crippen molar-refractivity contribution in [2.24, 2.45) is 10.7 Å². The molecule has 0 atom stereocenters. The first kappa shape index (κ1) is 20.7. The van der Waals surface area contributed by atoms with Gasteiger partial charge in [-0.15, -0.1) is 0 Å². The fraction of sp³-hybridized carbons (Fsp3) is 0.158. The molecule has 0 fully saturated rings. The van der Waals surface area contributed by atoms with Gasteiger partial charge in [-0.1, -0.05) is 12.6 Å². The summed E-state index contributed by atoms with van der Waals surface area (Å²) in [5.41, 5.74) is 7.73. The summed E-state index contributed by atoms with van der Waals surface area (Å²) in [5, 5.41) is 12.2. The molecule has 0 saturated heterocycles. The van der Waals surface area contributed by atoms with Gasteiger partial charge in [-0.25, -0.2) is 4.98 Å². The van der Waals surface area contributed by atoms with Crippen molar-refractivity contribution in [1.29, 1.82) is 0 Å². The monoisotopic (exact) mass is 353 g/mol. The summed E-state index contributed by atoms with van der Waals surface area (Å²) >= 11 is 0. The van der Waals surface area contributed by atoms with Gasteiger partial charge in [0.1, 0.15) is 5.75 Å². The van der Waals surface area contributed by atoms with Gasteiger partial charge in [0.15, 0.2) is 5.82 Å². The van der Waals surface area contributed by atoms with E-state index in [0.29, 0.717) is 22.7 Å². The Morgan fingerprint density at radius 2 is 2.00 bits per heavy atom. The molecule has 136 valence electrons. The van der Waals surface area contributed by atoms with Gasteiger partial charge in [0.2, 0.25) is 0 Å². The van der Waals surface area contributed by atoms with Gasteiger partial charge in [0.25, 0.3) is 5.91 Å². The SMILES string of the molecule is C=N/C=C(\C(=C)C)C(=O)Nc1cnc(-c2cc(O)ccc2C)cn1.CN. The number of aromatic hydroxyl groups is 1. The molecule has 0 saturated carbocycles. The van der Waals surface area contributed by atoms with E-state index in [1.807, 2.05) is 6.92 Å². The van der Waals surface area contributed by atoms with Gasteiger partial charge in [0, 0.05) is 11.8 Å². The van der Waals surface area contributed by atoms with Gasteiger partial charge in [-0.05, 0) is 50.9 Å². The number of carbonyl (C=O) groups is 1. The number of phenols is 1. The third-order valence-corrected chi connectivity index (χ3v) is 3.32. The third kappa shape index (κ3) is 5.35. The van der Waals surface area contributed by atoms with Crippen LogP contribution in [0.25, 0.3) is 11.3 Å². The molecule has 1 heterocycles. The molecule has 4 N–H and O–H groups in total. The molecule has 2 aromatic rings. The van der Waals surface area contributed by atoms with E-state index < -0.39 is 0 Å². The van der Waals surface area contributed by atoms with E-state index in [-0.39, 0.29) is 11.7 Å². The molecule has 26 heavy (non-hydrogen) atoms. The van der Waals surface area contributed by atoms with Gasteiger partial charge in [-0.2, -0.15) is 0 Å². The maximum absolute atomic E-state index is 12.2. The van der Waals surface area contributed by atoms with Crippen LogP contribution in [0, 0.1) is 6.92 Å².